The van der Waals surface area contributed by atoms with Gasteiger partial charge >= 0.3 is 11.4 Å². The van der Waals surface area contributed by atoms with Crippen LogP contribution in [0.2, 0.25) is 0 Å². The smallest absolute Gasteiger partial charge is 0.298 e. The third kappa shape index (κ3) is 10.5. The highest BCUT2D eigenvalue weighted by molar-refractivity contribution is 8.00. The van der Waals surface area contributed by atoms with Gasteiger partial charge in [-0.15, -0.1) is 25.3 Å². The van der Waals surface area contributed by atoms with Gasteiger partial charge < -0.3 is 0 Å². The molecule has 0 aromatic carbocycles. The molecule has 0 N–H and O–H groups in total. The second kappa shape index (κ2) is 15.3. The third-order valence-electron chi connectivity index (χ3n) is 6.76. The second-order valence-electron chi connectivity index (χ2n) is 11.4. The number of thioether (sulfide) groups is 2. The fourth-order valence-electron chi connectivity index (χ4n) is 4.57. The Bertz CT molecular complexity index is 997. The molecule has 0 saturated carbocycles. The van der Waals surface area contributed by atoms with E-state index in [2.05, 4.69) is 53.0 Å². The topological polar surface area (TPSA) is 53.9 Å². The normalized spacial score (nSPS) is 12.5. The molecular weight excluding hydrogens is 541 g/mol. The van der Waals surface area contributed by atoms with Crippen LogP contribution in [0.5, 0.6) is 0 Å². The van der Waals surface area contributed by atoms with Crippen molar-refractivity contribution in [1.29, 1.82) is 0 Å². The first-order valence-electron chi connectivity index (χ1n) is 13.5. The Morgan fingerprint density at radius 1 is 0.676 bits per heavy atom. The van der Waals surface area contributed by atoms with Crippen LogP contribution in [-0.2, 0) is 26.2 Å². The van der Waals surface area contributed by atoms with Gasteiger partial charge in [-0.25, -0.2) is 9.59 Å². The van der Waals surface area contributed by atoms with Gasteiger partial charge in [-0.2, -0.15) is 23.5 Å². The highest BCUT2D eigenvalue weighted by Crippen LogP contribution is 2.28. The maximum atomic E-state index is 12.5. The quantitative estimate of drug-likeness (QED) is 0.156. The molecule has 0 aliphatic carbocycles. The third-order valence-corrected chi connectivity index (χ3v) is 9.79. The zero-order valence-electron chi connectivity index (χ0n) is 23.7. The Labute approximate surface area is 243 Å². The van der Waals surface area contributed by atoms with E-state index < -0.39 is 0 Å². The summed E-state index contributed by atoms with van der Waals surface area (Å²) in [6.45, 7) is 15.7. The molecular formula is C27H48N4O2S4. The lowest BCUT2D eigenvalue weighted by molar-refractivity contribution is 0.267. The highest BCUT2D eigenvalue weighted by Gasteiger charge is 2.22. The number of hydrogen-bond acceptors (Lipinski definition) is 6. The lowest BCUT2D eigenvalue weighted by atomic mass is 9.88. The molecule has 0 radical (unpaired) electrons. The average Bonchev–Trinajstić information content (AvgIpc) is 3.25. The largest absolute Gasteiger partial charge is 0.329 e. The lowest BCUT2D eigenvalue weighted by Gasteiger charge is -2.25. The summed E-state index contributed by atoms with van der Waals surface area (Å²) in [7, 11) is 0. The van der Waals surface area contributed by atoms with Crippen molar-refractivity contribution in [2.24, 2.45) is 10.8 Å². The van der Waals surface area contributed by atoms with E-state index in [4.69, 9.17) is 0 Å². The summed E-state index contributed by atoms with van der Waals surface area (Å²) >= 11 is 13.1. The van der Waals surface area contributed by atoms with E-state index in [1.165, 1.54) is 42.3 Å². The van der Waals surface area contributed by atoms with Gasteiger partial charge in [0.2, 0.25) is 0 Å². The van der Waals surface area contributed by atoms with Crippen molar-refractivity contribution in [3.63, 3.8) is 0 Å². The van der Waals surface area contributed by atoms with Crippen molar-refractivity contribution in [2.75, 3.05) is 23.0 Å². The SMILES string of the molecule is CCn1cc(S)n(CC(C)(C)CCCSCCCSCCCC(C)(C)Cn2c(S)cn(CC)c2=O)c1=O. The molecule has 0 fully saturated rings. The van der Waals surface area contributed by atoms with E-state index in [0.29, 0.717) is 26.2 Å². The molecule has 10 heteroatoms. The predicted octanol–water partition coefficient (Wildman–Crippen LogP) is 6.40. The van der Waals surface area contributed by atoms with Crippen LogP contribution < -0.4 is 11.4 Å². The predicted molar refractivity (Wildman–Crippen MR) is 169 cm³/mol. The summed E-state index contributed by atoms with van der Waals surface area (Å²) in [5.41, 5.74) is 0.246. The summed E-state index contributed by atoms with van der Waals surface area (Å²) in [4.78, 5) is 24.9. The van der Waals surface area contributed by atoms with Crippen LogP contribution in [-0.4, -0.2) is 41.3 Å². The van der Waals surface area contributed by atoms with Crippen molar-refractivity contribution < 1.29 is 0 Å². The van der Waals surface area contributed by atoms with Gasteiger partial charge in [0.15, 0.2) is 0 Å². The Morgan fingerprint density at radius 3 is 1.35 bits per heavy atom. The molecule has 2 aromatic heterocycles. The Hall–Kier alpha value is -0.580. The first-order valence-corrected chi connectivity index (χ1v) is 16.7. The standard InChI is InChI=1S/C27H48N4O2S4/c1-7-28-18-22(34)30(24(28)32)20-26(3,4)12-9-14-36-16-11-17-37-15-10-13-27(5,6)21-31-23(35)19-29(8-2)25(31)33/h18-19,34-35H,7-17,20-21H2,1-6H3. The molecule has 0 unspecified atom stereocenters. The molecule has 2 heterocycles. The first-order chi connectivity index (χ1) is 17.4. The van der Waals surface area contributed by atoms with Crippen LogP contribution in [0, 0.1) is 10.8 Å². The van der Waals surface area contributed by atoms with Crippen molar-refractivity contribution in [2.45, 2.75) is 110 Å². The monoisotopic (exact) mass is 588 g/mol. The van der Waals surface area contributed by atoms with E-state index in [1.807, 2.05) is 49.8 Å². The van der Waals surface area contributed by atoms with Crippen molar-refractivity contribution >= 4 is 48.8 Å². The first kappa shape index (κ1) is 32.6. The molecule has 0 amide bonds. The fraction of sp³-hybridized carbons (Fsp3) is 0.778. The maximum absolute atomic E-state index is 12.5. The van der Waals surface area contributed by atoms with E-state index in [9.17, 15) is 9.59 Å². The lowest BCUT2D eigenvalue weighted by Crippen LogP contribution is -2.30. The average molecular weight is 589 g/mol. The molecule has 0 aliphatic rings. The van der Waals surface area contributed by atoms with E-state index in [0.717, 1.165) is 22.9 Å². The number of aryl methyl sites for hydroxylation is 2. The van der Waals surface area contributed by atoms with Gasteiger partial charge in [0.1, 0.15) is 0 Å². The zero-order chi connectivity index (χ0) is 27.6. The number of hydrogen-bond donors (Lipinski definition) is 2. The van der Waals surface area contributed by atoms with Crippen molar-refractivity contribution in [3.8, 4) is 0 Å². The van der Waals surface area contributed by atoms with Crippen molar-refractivity contribution in [3.05, 3.63) is 33.4 Å². The molecule has 0 spiro atoms. The molecule has 2 aromatic rings. The van der Waals surface area contributed by atoms with Crippen LogP contribution in [0.3, 0.4) is 0 Å². The Kier molecular flexibility index (Phi) is 13.5. The second-order valence-corrected chi connectivity index (χ2v) is 14.8. The van der Waals surface area contributed by atoms with E-state index in [-0.39, 0.29) is 22.2 Å². The van der Waals surface area contributed by atoms with Crippen LogP contribution in [0.15, 0.2) is 32.0 Å². The van der Waals surface area contributed by atoms with Gasteiger partial charge in [-0.3, -0.25) is 18.3 Å². The molecule has 37 heavy (non-hydrogen) atoms. The van der Waals surface area contributed by atoms with Crippen LogP contribution in [0.1, 0.15) is 73.6 Å². The van der Waals surface area contributed by atoms with Crippen molar-refractivity contribution in [1.82, 2.24) is 18.3 Å². The fourth-order valence-corrected chi connectivity index (χ4v) is 7.15. The molecule has 0 bridgehead atoms. The van der Waals surface area contributed by atoms with E-state index >= 15 is 0 Å². The molecule has 0 saturated heterocycles. The van der Waals surface area contributed by atoms with Gasteiger partial charge in [-0.1, -0.05) is 27.7 Å². The molecule has 2 rings (SSSR count). The van der Waals surface area contributed by atoms with Gasteiger partial charge in [-0.05, 0) is 79.8 Å². The van der Waals surface area contributed by atoms with Gasteiger partial charge in [0.25, 0.3) is 0 Å². The summed E-state index contributed by atoms with van der Waals surface area (Å²) < 4.78 is 7.05. The van der Waals surface area contributed by atoms with Gasteiger partial charge in [0.05, 0.1) is 10.1 Å². The maximum Gasteiger partial charge on any atom is 0.329 e. The Morgan fingerprint density at radius 2 is 1.03 bits per heavy atom. The number of imidazole rings is 2. The number of nitrogens with zero attached hydrogens (tertiary/aromatic N) is 4. The summed E-state index contributed by atoms with van der Waals surface area (Å²) in [6.07, 6.45) is 9.46. The molecule has 6 nitrogen and oxygen atoms in total. The summed E-state index contributed by atoms with van der Waals surface area (Å²) in [5, 5.41) is 1.51. The molecule has 0 atom stereocenters. The minimum absolute atomic E-state index is 0.0463. The van der Waals surface area contributed by atoms with Crippen LogP contribution in [0.4, 0.5) is 0 Å². The number of aromatic nitrogens is 4. The molecule has 0 aliphatic heterocycles. The number of rotatable bonds is 18. The highest BCUT2D eigenvalue weighted by atomic mass is 32.2. The van der Waals surface area contributed by atoms with Gasteiger partial charge in [0, 0.05) is 38.6 Å². The summed E-state index contributed by atoms with van der Waals surface area (Å²) in [6, 6.07) is 0. The van der Waals surface area contributed by atoms with Crippen LogP contribution >= 0.6 is 48.8 Å². The summed E-state index contributed by atoms with van der Waals surface area (Å²) in [5.74, 6) is 4.77. The zero-order valence-corrected chi connectivity index (χ0v) is 27.1. The minimum atomic E-state index is 0.0463. The number of thiol groups is 2. The van der Waals surface area contributed by atoms with E-state index in [1.54, 1.807) is 18.3 Å². The van der Waals surface area contributed by atoms with Crippen LogP contribution in [0.25, 0.3) is 0 Å². The Balaban J connectivity index is 1.54. The minimum Gasteiger partial charge on any atom is -0.298 e. The molecule has 212 valence electrons.